The van der Waals surface area contributed by atoms with Crippen molar-refractivity contribution in [3.8, 4) is 5.75 Å². The number of hydrogen-bond acceptors (Lipinski definition) is 3. The van der Waals surface area contributed by atoms with Gasteiger partial charge in [0.05, 0.1) is 12.2 Å². The Bertz CT molecular complexity index is 683. The van der Waals surface area contributed by atoms with Gasteiger partial charge in [-0.3, -0.25) is 0 Å². The van der Waals surface area contributed by atoms with Gasteiger partial charge in [-0.25, -0.2) is 4.79 Å². The summed E-state index contributed by atoms with van der Waals surface area (Å²) in [4.78, 5) is 13.4. The second-order valence-electron chi connectivity index (χ2n) is 5.94. The zero-order valence-corrected chi connectivity index (χ0v) is 12.8. The van der Waals surface area contributed by atoms with E-state index < -0.39 is 5.97 Å². The summed E-state index contributed by atoms with van der Waals surface area (Å²) in [6.45, 7) is 1.90. The summed E-state index contributed by atoms with van der Waals surface area (Å²) >= 11 is 0. The number of fused-ring (bicyclic) bond motifs is 1. The van der Waals surface area contributed by atoms with Crippen LogP contribution in [0.3, 0.4) is 0 Å². The number of benzene rings is 2. The van der Waals surface area contributed by atoms with Crippen molar-refractivity contribution in [2.24, 2.45) is 0 Å². The van der Waals surface area contributed by atoms with Crippen molar-refractivity contribution in [1.29, 1.82) is 0 Å². The molecule has 2 aromatic carbocycles. The van der Waals surface area contributed by atoms with Crippen LogP contribution in [0.2, 0.25) is 0 Å². The van der Waals surface area contributed by atoms with Gasteiger partial charge in [0.15, 0.2) is 0 Å². The van der Waals surface area contributed by atoms with Crippen molar-refractivity contribution in [2.45, 2.75) is 25.3 Å². The quantitative estimate of drug-likeness (QED) is 0.919. The first-order chi connectivity index (χ1) is 10.6. The molecule has 1 aliphatic heterocycles. The molecule has 4 heteroatoms. The topological polar surface area (TPSA) is 49.8 Å². The van der Waals surface area contributed by atoms with Gasteiger partial charge < -0.3 is 14.7 Å². The zero-order chi connectivity index (χ0) is 15.5. The number of aromatic carboxylic acids is 1. The Hall–Kier alpha value is -2.07. The van der Waals surface area contributed by atoms with E-state index in [9.17, 15) is 4.79 Å². The Kier molecular flexibility index (Phi) is 4.29. The summed E-state index contributed by atoms with van der Waals surface area (Å²) in [5.74, 6) is -0.0564. The van der Waals surface area contributed by atoms with E-state index in [0.717, 1.165) is 22.9 Å². The summed E-state index contributed by atoms with van der Waals surface area (Å²) in [5.41, 5.74) is 0.311. The second-order valence-corrected chi connectivity index (χ2v) is 5.94. The second kappa shape index (κ2) is 6.36. The van der Waals surface area contributed by atoms with Crippen molar-refractivity contribution in [2.75, 3.05) is 20.2 Å². The molecule has 0 bridgehead atoms. The molecule has 1 atom stereocenters. The number of carboxylic acid groups (broad SMARTS) is 1. The zero-order valence-electron chi connectivity index (χ0n) is 12.8. The van der Waals surface area contributed by atoms with Crippen molar-refractivity contribution >= 4 is 16.7 Å². The highest BCUT2D eigenvalue weighted by molar-refractivity contribution is 5.94. The maximum Gasteiger partial charge on any atom is 0.335 e. The lowest BCUT2D eigenvalue weighted by Gasteiger charge is -2.19. The minimum atomic E-state index is -0.900. The molecule has 0 saturated carbocycles. The summed E-state index contributed by atoms with van der Waals surface area (Å²) in [6.07, 6.45) is 3.59. The van der Waals surface area contributed by atoms with E-state index >= 15 is 0 Å². The minimum absolute atomic E-state index is 0.311. The van der Waals surface area contributed by atoms with Gasteiger partial charge in [0.25, 0.3) is 0 Å². The molecule has 4 nitrogen and oxygen atoms in total. The first-order valence-electron chi connectivity index (χ1n) is 7.73. The smallest absolute Gasteiger partial charge is 0.335 e. The van der Waals surface area contributed by atoms with Gasteiger partial charge in [-0.2, -0.15) is 0 Å². The lowest BCUT2D eigenvalue weighted by atomic mass is 10.1. The minimum Gasteiger partial charge on any atom is -0.494 e. The average Bonchev–Trinajstić information content (AvgIpc) is 2.92. The number of ether oxygens (including phenoxy) is 1. The fraction of sp³-hybridized carbons (Fsp3) is 0.389. The predicted octanol–water partition coefficient (Wildman–Crippen LogP) is 3.40. The molecule has 0 spiro atoms. The molecule has 0 aromatic heterocycles. The Morgan fingerprint density at radius 3 is 2.77 bits per heavy atom. The van der Waals surface area contributed by atoms with Crippen LogP contribution >= 0.6 is 0 Å². The molecule has 0 amide bonds. The van der Waals surface area contributed by atoms with Gasteiger partial charge in [-0.1, -0.05) is 12.1 Å². The van der Waals surface area contributed by atoms with Crippen LogP contribution in [0.4, 0.5) is 0 Å². The van der Waals surface area contributed by atoms with Crippen molar-refractivity contribution in [3.05, 3.63) is 42.0 Å². The third-order valence-electron chi connectivity index (χ3n) is 4.45. The Labute approximate surface area is 130 Å². The van der Waals surface area contributed by atoms with Crippen LogP contribution in [0.25, 0.3) is 10.8 Å². The van der Waals surface area contributed by atoms with Crippen LogP contribution in [0.15, 0.2) is 36.4 Å². The Morgan fingerprint density at radius 1 is 1.27 bits per heavy atom. The summed E-state index contributed by atoms with van der Waals surface area (Å²) in [7, 11) is 2.17. The van der Waals surface area contributed by atoms with E-state index in [1.807, 2.05) is 24.3 Å². The highest BCUT2D eigenvalue weighted by Gasteiger charge is 2.20. The van der Waals surface area contributed by atoms with Crippen LogP contribution in [0.1, 0.15) is 29.6 Å². The monoisotopic (exact) mass is 299 g/mol. The Balaban J connectivity index is 1.64. The van der Waals surface area contributed by atoms with Crippen molar-refractivity contribution in [3.63, 3.8) is 0 Å². The molecule has 1 unspecified atom stereocenters. The van der Waals surface area contributed by atoms with Crippen molar-refractivity contribution < 1.29 is 14.6 Å². The average molecular weight is 299 g/mol. The highest BCUT2D eigenvalue weighted by atomic mass is 16.5. The third-order valence-corrected chi connectivity index (χ3v) is 4.45. The van der Waals surface area contributed by atoms with Crippen LogP contribution in [0, 0.1) is 0 Å². The first-order valence-corrected chi connectivity index (χ1v) is 7.73. The van der Waals surface area contributed by atoms with Crippen LogP contribution in [-0.4, -0.2) is 42.2 Å². The molecule has 3 rings (SSSR count). The summed E-state index contributed by atoms with van der Waals surface area (Å²) in [5, 5.41) is 10.9. The normalized spacial score (nSPS) is 18.7. The number of carboxylic acids is 1. The van der Waals surface area contributed by atoms with Crippen LogP contribution < -0.4 is 4.74 Å². The fourth-order valence-corrected chi connectivity index (χ4v) is 3.10. The number of nitrogens with zero attached hydrogens (tertiary/aromatic N) is 1. The largest absolute Gasteiger partial charge is 0.494 e. The maximum atomic E-state index is 11.0. The van der Waals surface area contributed by atoms with Gasteiger partial charge in [0, 0.05) is 6.04 Å². The molecular formula is C18H21NO3. The first kappa shape index (κ1) is 14.9. The molecule has 22 heavy (non-hydrogen) atoms. The van der Waals surface area contributed by atoms with E-state index in [0.29, 0.717) is 18.2 Å². The number of carbonyl (C=O) groups is 1. The molecule has 1 N–H and O–H groups in total. The summed E-state index contributed by atoms with van der Waals surface area (Å²) < 4.78 is 5.86. The number of likely N-dealkylation sites (tertiary alicyclic amines) is 1. The molecular weight excluding hydrogens is 278 g/mol. The lowest BCUT2D eigenvalue weighted by Crippen LogP contribution is -2.26. The van der Waals surface area contributed by atoms with Crippen LogP contribution in [-0.2, 0) is 0 Å². The lowest BCUT2D eigenvalue weighted by molar-refractivity contribution is 0.0697. The molecule has 1 saturated heterocycles. The van der Waals surface area contributed by atoms with E-state index in [2.05, 4.69) is 11.9 Å². The van der Waals surface area contributed by atoms with Gasteiger partial charge >= 0.3 is 5.97 Å². The molecule has 1 heterocycles. The molecule has 116 valence electrons. The molecule has 1 aliphatic rings. The van der Waals surface area contributed by atoms with Gasteiger partial charge in [-0.05, 0) is 67.9 Å². The molecule has 2 aromatic rings. The van der Waals surface area contributed by atoms with E-state index in [1.165, 1.54) is 19.4 Å². The maximum absolute atomic E-state index is 11.0. The Morgan fingerprint density at radius 2 is 2.05 bits per heavy atom. The summed E-state index contributed by atoms with van der Waals surface area (Å²) in [6, 6.07) is 11.6. The predicted molar refractivity (Wildman–Crippen MR) is 86.7 cm³/mol. The van der Waals surface area contributed by atoms with Crippen molar-refractivity contribution in [1.82, 2.24) is 4.90 Å². The van der Waals surface area contributed by atoms with E-state index in [1.54, 1.807) is 12.1 Å². The standard InChI is InChI=1S/C18H21NO3/c1-19-9-2-3-16(19)8-10-22-17-7-6-13-11-15(18(20)21)5-4-14(13)12-17/h4-7,11-12,16H,2-3,8-10H2,1H3,(H,20,21). The molecule has 0 aliphatic carbocycles. The molecule has 1 fully saturated rings. The number of hydrogen-bond donors (Lipinski definition) is 1. The van der Waals surface area contributed by atoms with E-state index in [4.69, 9.17) is 9.84 Å². The van der Waals surface area contributed by atoms with Gasteiger partial charge in [-0.15, -0.1) is 0 Å². The molecule has 0 radical (unpaired) electrons. The highest BCUT2D eigenvalue weighted by Crippen LogP contribution is 2.23. The third kappa shape index (κ3) is 3.22. The van der Waals surface area contributed by atoms with E-state index in [-0.39, 0.29) is 0 Å². The number of rotatable bonds is 5. The van der Waals surface area contributed by atoms with Crippen LogP contribution in [0.5, 0.6) is 5.75 Å². The fourth-order valence-electron chi connectivity index (χ4n) is 3.10. The SMILES string of the molecule is CN1CCCC1CCOc1ccc2cc(C(=O)O)ccc2c1. The van der Waals surface area contributed by atoms with Gasteiger partial charge in [0.1, 0.15) is 5.75 Å². The van der Waals surface area contributed by atoms with Gasteiger partial charge in [0.2, 0.25) is 0 Å².